The first-order valence-electron chi connectivity index (χ1n) is 18.1. The molecule has 1 N–H and O–H groups in total. The molecule has 1 aromatic rings. The third-order valence-corrected chi connectivity index (χ3v) is 8.23. The van der Waals surface area contributed by atoms with Gasteiger partial charge < -0.3 is 29.5 Å². The van der Waals surface area contributed by atoms with Crippen molar-refractivity contribution in [2.24, 2.45) is 5.16 Å². The molecule has 0 amide bonds. The molecule has 0 aliphatic heterocycles. The zero-order chi connectivity index (χ0) is 35.3. The molecule has 0 fully saturated rings. The molecule has 1 atom stereocenters. The third-order valence-electron chi connectivity index (χ3n) is 8.23. The van der Waals surface area contributed by atoms with E-state index in [0.717, 1.165) is 37.8 Å². The molecule has 49 heavy (non-hydrogen) atoms. The van der Waals surface area contributed by atoms with Crippen LogP contribution < -0.4 is 40.0 Å². The van der Waals surface area contributed by atoms with Crippen LogP contribution >= 0.6 is 0 Å². The molecule has 0 bridgehead atoms. The number of nitrogens with one attached hydrogen (secondary N) is 1. The number of methoxy groups -OCH3 is 1. The van der Waals surface area contributed by atoms with Gasteiger partial charge in [0.1, 0.15) is 6.61 Å². The number of hydrogen-bond donors (Lipinski definition) is 1. The van der Waals surface area contributed by atoms with Gasteiger partial charge in [0.25, 0.3) is 0 Å². The van der Waals surface area contributed by atoms with Crippen molar-refractivity contribution in [3.63, 3.8) is 0 Å². The van der Waals surface area contributed by atoms with Crippen molar-refractivity contribution in [2.75, 3.05) is 33.5 Å². The molecular weight excluding hydrogens is 648 g/mol. The Kier molecular flexibility index (Phi) is 30.1. The van der Waals surface area contributed by atoms with Gasteiger partial charge in [-0.05, 0) is 43.4 Å². The predicted octanol–water partition coefficient (Wildman–Crippen LogP) is 5.15. The van der Waals surface area contributed by atoms with E-state index in [2.05, 4.69) is 17.4 Å². The van der Waals surface area contributed by atoms with E-state index < -0.39 is 29.7 Å². The number of hydrogen-bond acceptors (Lipinski definition) is 8. The van der Waals surface area contributed by atoms with Crippen LogP contribution in [-0.4, -0.2) is 57.2 Å². The Balaban J connectivity index is 0.0000230. The molecule has 0 aliphatic carbocycles. The molecule has 1 aromatic carbocycles. The van der Waals surface area contributed by atoms with Gasteiger partial charge in [0.15, 0.2) is 0 Å². The largest absolute Gasteiger partial charge is 1.00 e. The molecule has 0 aromatic heterocycles. The van der Waals surface area contributed by atoms with E-state index >= 15 is 0 Å². The average Bonchev–Trinajstić information content (AvgIpc) is 3.06. The van der Waals surface area contributed by atoms with Crippen molar-refractivity contribution in [3.05, 3.63) is 35.4 Å². The minimum Gasteiger partial charge on any atom is -0.548 e. The average molecular weight is 709 g/mol. The Morgan fingerprint density at radius 2 is 1.29 bits per heavy atom. The molecule has 0 saturated carbocycles. The first kappa shape index (κ1) is 47.3. The number of benzene rings is 1. The van der Waals surface area contributed by atoms with Crippen LogP contribution in [0.15, 0.2) is 29.4 Å². The monoisotopic (exact) mass is 708 g/mol. The Bertz CT molecular complexity index is 995. The number of carboxylic acid groups (broad SMARTS) is 1. The van der Waals surface area contributed by atoms with E-state index in [1.807, 2.05) is 0 Å². The first-order chi connectivity index (χ1) is 23.2. The molecule has 1 rings (SSSR count). The summed E-state index contributed by atoms with van der Waals surface area (Å²) in [6.07, 6.45) is 17.1. The maximum Gasteiger partial charge on any atom is 1.00 e. The summed E-state index contributed by atoms with van der Waals surface area (Å²) in [5.41, 5.74) is 0.203. The number of nitrogens with zero attached hydrogens (tertiary/aromatic N) is 1. The smallest absolute Gasteiger partial charge is 0.548 e. The Hall–Kier alpha value is -1.66. The second-order valence-electron chi connectivity index (χ2n) is 12.4. The standard InChI is InChI=1S/C37H61F3N2O6.Na/c1-3-4-5-6-7-8-9-10-11-12-13-14-15-16-17-19-28-47-35(43)30-34(36(44)45)41-26-29-48-42-33(21-18-20-27-46-2)31-22-24-32(25-23-31)37(38,39)40;/h22-25,34,41H,3-21,26-30H2,1-2H3,(H,44,45);/q;+1/p-1/b42-33+;. The minimum atomic E-state index is -4.44. The molecule has 0 radical (unpaired) electrons. The maximum absolute atomic E-state index is 13.0. The number of esters is 1. The number of carbonyl (C=O) groups is 2. The summed E-state index contributed by atoms with van der Waals surface area (Å²) in [5.74, 6) is -2.04. The van der Waals surface area contributed by atoms with Gasteiger partial charge in [-0.15, -0.1) is 0 Å². The molecule has 276 valence electrons. The van der Waals surface area contributed by atoms with Crippen molar-refractivity contribution in [3.8, 4) is 0 Å². The van der Waals surface area contributed by atoms with Crippen LogP contribution in [0.1, 0.15) is 146 Å². The fraction of sp³-hybridized carbons (Fsp3) is 0.757. The predicted molar refractivity (Wildman–Crippen MR) is 182 cm³/mol. The van der Waals surface area contributed by atoms with Crippen LogP contribution in [0.4, 0.5) is 13.2 Å². The number of alkyl halides is 3. The maximum atomic E-state index is 13.0. The van der Waals surface area contributed by atoms with Gasteiger partial charge in [-0.2, -0.15) is 13.2 Å². The molecule has 8 nitrogen and oxygen atoms in total. The number of unbranched alkanes of at least 4 members (excludes halogenated alkanes) is 16. The molecule has 12 heteroatoms. The van der Waals surface area contributed by atoms with E-state index in [9.17, 15) is 27.9 Å². The molecule has 0 aliphatic rings. The van der Waals surface area contributed by atoms with Crippen LogP contribution in [-0.2, 0) is 30.1 Å². The first-order valence-corrected chi connectivity index (χ1v) is 18.1. The number of oxime groups is 1. The van der Waals surface area contributed by atoms with E-state index in [1.54, 1.807) is 7.11 Å². The SMILES string of the molecule is CCCCCCCCCCCCCCCCCCOC(=O)CC(NCCO/N=C(\CCCCOC)c1ccc(C(F)(F)F)cc1)C(=O)[O-].[Na+]. The van der Waals surface area contributed by atoms with Gasteiger partial charge in [-0.25, -0.2) is 0 Å². The van der Waals surface area contributed by atoms with Gasteiger partial charge >= 0.3 is 41.7 Å². The Labute approximate surface area is 315 Å². The van der Waals surface area contributed by atoms with Crippen LogP contribution in [0.25, 0.3) is 0 Å². The zero-order valence-corrected chi connectivity index (χ0v) is 32.4. The molecular formula is C37H60F3N2NaO6. The zero-order valence-electron chi connectivity index (χ0n) is 30.4. The molecule has 1 unspecified atom stereocenters. The van der Waals surface area contributed by atoms with Crippen molar-refractivity contribution in [1.29, 1.82) is 0 Å². The number of ether oxygens (including phenoxy) is 2. The van der Waals surface area contributed by atoms with Crippen LogP contribution in [0.5, 0.6) is 0 Å². The van der Waals surface area contributed by atoms with Gasteiger partial charge in [0.2, 0.25) is 0 Å². The Morgan fingerprint density at radius 1 is 0.776 bits per heavy atom. The number of halogens is 3. The molecule has 0 spiro atoms. The van der Waals surface area contributed by atoms with Gasteiger partial charge in [0.05, 0.1) is 36.3 Å². The normalized spacial score (nSPS) is 12.4. The van der Waals surface area contributed by atoms with E-state index in [1.165, 1.54) is 95.6 Å². The summed E-state index contributed by atoms with van der Waals surface area (Å²) in [6.45, 7) is 3.07. The summed E-state index contributed by atoms with van der Waals surface area (Å²) < 4.78 is 49.1. The summed E-state index contributed by atoms with van der Waals surface area (Å²) >= 11 is 0. The van der Waals surface area contributed by atoms with Gasteiger partial charge in [-0.3, -0.25) is 4.79 Å². The van der Waals surface area contributed by atoms with Gasteiger partial charge in [-0.1, -0.05) is 121 Å². The minimum absolute atomic E-state index is 0. The van der Waals surface area contributed by atoms with E-state index in [-0.39, 0.29) is 55.7 Å². The van der Waals surface area contributed by atoms with Gasteiger partial charge in [0, 0.05) is 20.3 Å². The fourth-order valence-electron chi connectivity index (χ4n) is 5.34. The number of carboxylic acids is 1. The van der Waals surface area contributed by atoms with E-state index in [0.29, 0.717) is 30.7 Å². The van der Waals surface area contributed by atoms with Crippen molar-refractivity contribution >= 4 is 17.7 Å². The number of aliphatic carboxylic acids is 1. The van der Waals surface area contributed by atoms with Crippen LogP contribution in [0.3, 0.4) is 0 Å². The summed E-state index contributed by atoms with van der Waals surface area (Å²) in [4.78, 5) is 29.1. The second kappa shape index (κ2) is 31.1. The third kappa shape index (κ3) is 25.9. The summed E-state index contributed by atoms with van der Waals surface area (Å²) in [5, 5.41) is 18.4. The molecule has 0 heterocycles. The Morgan fingerprint density at radius 3 is 1.78 bits per heavy atom. The quantitative estimate of drug-likeness (QED) is 0.0374. The van der Waals surface area contributed by atoms with Crippen LogP contribution in [0.2, 0.25) is 0 Å². The summed E-state index contributed by atoms with van der Waals surface area (Å²) in [7, 11) is 1.59. The van der Waals surface area contributed by atoms with Crippen molar-refractivity contribution in [2.45, 2.75) is 148 Å². The fourth-order valence-corrected chi connectivity index (χ4v) is 5.34. The summed E-state index contributed by atoms with van der Waals surface area (Å²) in [6, 6.07) is 3.42. The number of rotatable bonds is 31. The van der Waals surface area contributed by atoms with Crippen molar-refractivity contribution < 1.29 is 71.7 Å². The van der Waals surface area contributed by atoms with Crippen LogP contribution in [0, 0.1) is 0 Å². The second-order valence-corrected chi connectivity index (χ2v) is 12.4. The number of carbonyl (C=O) groups excluding carboxylic acids is 2. The van der Waals surface area contributed by atoms with E-state index in [4.69, 9.17) is 14.3 Å². The van der Waals surface area contributed by atoms with Crippen molar-refractivity contribution in [1.82, 2.24) is 5.32 Å². The topological polar surface area (TPSA) is 109 Å². The molecule has 0 saturated heterocycles.